The lowest BCUT2D eigenvalue weighted by atomic mass is 10.0. The van der Waals surface area contributed by atoms with Crippen LogP contribution in [0.15, 0.2) is 47.4 Å². The van der Waals surface area contributed by atoms with Crippen LogP contribution >= 0.6 is 0 Å². The monoisotopic (exact) mass is 330 g/mol. The number of benzene rings is 1. The number of rotatable bonds is 3. The summed E-state index contributed by atoms with van der Waals surface area (Å²) in [5.74, 6) is -0.650. The van der Waals surface area contributed by atoms with Crippen molar-refractivity contribution < 1.29 is 14.3 Å². The van der Waals surface area contributed by atoms with Crippen molar-refractivity contribution in [1.29, 1.82) is 0 Å². The molecule has 5 nitrogen and oxygen atoms in total. The van der Waals surface area contributed by atoms with Gasteiger partial charge in [-0.2, -0.15) is 0 Å². The molecule has 126 valence electrons. The van der Waals surface area contributed by atoms with Crippen LogP contribution in [-0.2, 0) is 11.3 Å². The van der Waals surface area contributed by atoms with Crippen molar-refractivity contribution in [2.45, 2.75) is 32.0 Å². The van der Waals surface area contributed by atoms with Gasteiger partial charge in [-0.3, -0.25) is 9.59 Å². The Labute approximate surface area is 139 Å². The van der Waals surface area contributed by atoms with Crippen LogP contribution in [0.5, 0.6) is 0 Å². The number of aliphatic hydroxyl groups is 1. The van der Waals surface area contributed by atoms with Gasteiger partial charge in [-0.1, -0.05) is 12.1 Å². The minimum atomic E-state index is -0.656. The number of halogens is 1. The molecule has 1 aliphatic heterocycles. The second-order valence-corrected chi connectivity index (χ2v) is 6.18. The molecule has 0 bridgehead atoms. The van der Waals surface area contributed by atoms with Gasteiger partial charge in [0.1, 0.15) is 12.4 Å². The van der Waals surface area contributed by atoms with E-state index in [0.29, 0.717) is 12.0 Å². The van der Waals surface area contributed by atoms with Crippen molar-refractivity contribution in [3.8, 4) is 0 Å². The van der Waals surface area contributed by atoms with Crippen molar-refractivity contribution >= 4 is 5.91 Å². The molecule has 2 atom stereocenters. The molecule has 24 heavy (non-hydrogen) atoms. The Morgan fingerprint density at radius 3 is 2.83 bits per heavy atom. The first-order valence-corrected chi connectivity index (χ1v) is 7.84. The topological polar surface area (TPSA) is 62.5 Å². The van der Waals surface area contributed by atoms with E-state index in [4.69, 9.17) is 0 Å². The summed E-state index contributed by atoms with van der Waals surface area (Å²) < 4.78 is 14.8. The first-order chi connectivity index (χ1) is 11.4. The van der Waals surface area contributed by atoms with Crippen molar-refractivity contribution in [2.24, 2.45) is 0 Å². The van der Waals surface area contributed by atoms with Crippen molar-refractivity contribution in [3.05, 3.63) is 69.9 Å². The standard InChI is InChI=1S/C18H19FN2O3/c1-12-5-6-20(17(23)7-12)11-18(24)21-10-15(22)9-16(21)13-3-2-4-14(19)8-13/h2-8,15-16,22H,9-11H2,1H3/t15-,16+/m1/s1. The molecule has 1 amide bonds. The van der Waals surface area contributed by atoms with Crippen LogP contribution in [0.25, 0.3) is 0 Å². The Bertz CT molecular complexity index is 818. The Kier molecular flexibility index (Phi) is 4.49. The van der Waals surface area contributed by atoms with E-state index in [1.54, 1.807) is 24.4 Å². The molecule has 1 fully saturated rings. The minimum absolute atomic E-state index is 0.0996. The molecule has 1 aromatic heterocycles. The average molecular weight is 330 g/mol. The average Bonchev–Trinajstić information content (AvgIpc) is 2.92. The van der Waals surface area contributed by atoms with Gasteiger partial charge in [0.2, 0.25) is 5.91 Å². The zero-order chi connectivity index (χ0) is 17.3. The summed E-state index contributed by atoms with van der Waals surface area (Å²) in [6, 6.07) is 8.89. The number of aliphatic hydroxyl groups excluding tert-OH is 1. The molecule has 6 heteroatoms. The summed E-state index contributed by atoms with van der Waals surface area (Å²) in [4.78, 5) is 26.1. The zero-order valence-electron chi connectivity index (χ0n) is 13.4. The van der Waals surface area contributed by atoms with Gasteiger partial charge in [0.05, 0.1) is 12.1 Å². The number of amides is 1. The smallest absolute Gasteiger partial charge is 0.251 e. The number of carbonyl (C=O) groups is 1. The first kappa shape index (κ1) is 16.4. The summed E-state index contributed by atoms with van der Waals surface area (Å²) in [5, 5.41) is 9.95. The molecule has 0 spiro atoms. The molecule has 1 N–H and O–H groups in total. The van der Waals surface area contributed by atoms with Crippen molar-refractivity contribution in [3.63, 3.8) is 0 Å². The fourth-order valence-electron chi connectivity index (χ4n) is 3.09. The maximum Gasteiger partial charge on any atom is 0.251 e. The SMILES string of the molecule is Cc1ccn(CC(=O)N2C[C@H](O)C[C@H]2c2cccc(F)c2)c(=O)c1. The molecule has 2 heterocycles. The molecule has 0 saturated carbocycles. The summed E-state index contributed by atoms with van der Waals surface area (Å²) in [6.45, 7) is 1.89. The van der Waals surface area contributed by atoms with Crippen molar-refractivity contribution in [2.75, 3.05) is 6.54 Å². The third-order valence-corrected chi connectivity index (χ3v) is 4.29. The molecule has 1 aromatic carbocycles. The molecule has 0 aliphatic carbocycles. The Morgan fingerprint density at radius 1 is 1.33 bits per heavy atom. The lowest BCUT2D eigenvalue weighted by Crippen LogP contribution is -2.36. The number of hydrogen-bond donors (Lipinski definition) is 1. The van der Waals surface area contributed by atoms with Crippen LogP contribution in [-0.4, -0.2) is 33.1 Å². The highest BCUT2D eigenvalue weighted by Crippen LogP contribution is 2.32. The second-order valence-electron chi connectivity index (χ2n) is 6.18. The fourth-order valence-corrected chi connectivity index (χ4v) is 3.09. The normalized spacial score (nSPS) is 20.4. The van der Waals surface area contributed by atoms with Gasteiger partial charge in [0.25, 0.3) is 5.56 Å². The van der Waals surface area contributed by atoms with Crippen LogP contribution in [0.4, 0.5) is 4.39 Å². The molecule has 2 aromatic rings. The number of nitrogens with zero attached hydrogens (tertiary/aromatic N) is 2. The van der Waals surface area contributed by atoms with E-state index in [1.807, 2.05) is 6.92 Å². The highest BCUT2D eigenvalue weighted by atomic mass is 19.1. The molecule has 0 radical (unpaired) electrons. The number of aromatic nitrogens is 1. The molecule has 1 saturated heterocycles. The van der Waals surface area contributed by atoms with Gasteiger partial charge >= 0.3 is 0 Å². The van der Waals surface area contributed by atoms with E-state index < -0.39 is 6.10 Å². The molecular formula is C18H19FN2O3. The van der Waals surface area contributed by atoms with E-state index in [0.717, 1.165) is 5.56 Å². The molecule has 1 aliphatic rings. The van der Waals surface area contributed by atoms with Crippen LogP contribution < -0.4 is 5.56 Å². The van der Waals surface area contributed by atoms with E-state index in [9.17, 15) is 19.1 Å². The maximum absolute atomic E-state index is 13.5. The number of β-amino-alcohol motifs (C(OH)–C–C–N with tert-alkyl or cyclic N) is 1. The van der Waals surface area contributed by atoms with E-state index in [1.165, 1.54) is 27.7 Å². The Balaban J connectivity index is 1.83. The van der Waals surface area contributed by atoms with Crippen LogP contribution in [0.3, 0.4) is 0 Å². The Morgan fingerprint density at radius 2 is 2.12 bits per heavy atom. The highest BCUT2D eigenvalue weighted by molar-refractivity contribution is 5.77. The van der Waals surface area contributed by atoms with Crippen LogP contribution in [0.1, 0.15) is 23.6 Å². The number of likely N-dealkylation sites (tertiary alicyclic amines) is 1. The van der Waals surface area contributed by atoms with Crippen LogP contribution in [0.2, 0.25) is 0 Å². The third kappa shape index (κ3) is 3.38. The number of pyridine rings is 1. The van der Waals surface area contributed by atoms with Gasteiger partial charge in [-0.25, -0.2) is 4.39 Å². The lowest BCUT2D eigenvalue weighted by molar-refractivity contribution is -0.133. The Hall–Kier alpha value is -2.47. The number of carbonyl (C=O) groups excluding carboxylic acids is 1. The van der Waals surface area contributed by atoms with Crippen molar-refractivity contribution in [1.82, 2.24) is 9.47 Å². The van der Waals surface area contributed by atoms with E-state index in [2.05, 4.69) is 0 Å². The summed E-state index contributed by atoms with van der Waals surface area (Å²) in [6.07, 6.45) is 1.29. The van der Waals surface area contributed by atoms with E-state index >= 15 is 0 Å². The second kappa shape index (κ2) is 6.57. The molecule has 3 rings (SSSR count). The van der Waals surface area contributed by atoms with Gasteiger partial charge in [0, 0.05) is 18.8 Å². The third-order valence-electron chi connectivity index (χ3n) is 4.29. The number of aryl methyl sites for hydroxylation is 1. The van der Waals surface area contributed by atoms with Gasteiger partial charge < -0.3 is 14.6 Å². The fraction of sp³-hybridized carbons (Fsp3) is 0.333. The van der Waals surface area contributed by atoms with Gasteiger partial charge in [0.15, 0.2) is 0 Å². The summed E-state index contributed by atoms with van der Waals surface area (Å²) in [5.41, 5.74) is 1.24. The lowest BCUT2D eigenvalue weighted by Gasteiger charge is -2.25. The molecule has 0 unspecified atom stereocenters. The maximum atomic E-state index is 13.5. The quantitative estimate of drug-likeness (QED) is 0.930. The first-order valence-electron chi connectivity index (χ1n) is 7.84. The molecular weight excluding hydrogens is 311 g/mol. The largest absolute Gasteiger partial charge is 0.391 e. The highest BCUT2D eigenvalue weighted by Gasteiger charge is 2.35. The number of hydrogen-bond acceptors (Lipinski definition) is 3. The van der Waals surface area contributed by atoms with Crippen LogP contribution in [0, 0.1) is 12.7 Å². The van der Waals surface area contributed by atoms with Gasteiger partial charge in [-0.15, -0.1) is 0 Å². The predicted octanol–water partition coefficient (Wildman–Crippen LogP) is 1.63. The summed E-state index contributed by atoms with van der Waals surface area (Å²) >= 11 is 0. The van der Waals surface area contributed by atoms with Gasteiger partial charge in [-0.05, 0) is 42.7 Å². The van der Waals surface area contributed by atoms with E-state index in [-0.39, 0.29) is 36.4 Å². The zero-order valence-corrected chi connectivity index (χ0v) is 13.4. The minimum Gasteiger partial charge on any atom is -0.391 e. The summed E-state index contributed by atoms with van der Waals surface area (Å²) in [7, 11) is 0. The predicted molar refractivity (Wildman–Crippen MR) is 86.9 cm³/mol.